The molecule has 0 aliphatic heterocycles. The van der Waals surface area contributed by atoms with Crippen molar-refractivity contribution in [2.45, 2.75) is 12.2 Å². The molecule has 0 spiro atoms. The molecule has 10 heavy (non-hydrogen) atoms. The summed E-state index contributed by atoms with van der Waals surface area (Å²) in [6, 6.07) is 0. The minimum atomic E-state index is -3.83. The van der Waals surface area contributed by atoms with Gasteiger partial charge in [-0.05, 0) is 14.0 Å². The van der Waals surface area contributed by atoms with E-state index in [-0.39, 0.29) is 37.5 Å². The molecular weight excluding hydrogens is 165 g/mol. The maximum Gasteiger partial charge on any atom is 1.00 e. The van der Waals surface area contributed by atoms with Crippen LogP contribution in [-0.4, -0.2) is 31.8 Å². The zero-order valence-corrected chi connectivity index (χ0v) is 9.27. The molecule has 1 atom stereocenters. The molecule has 0 rings (SSSR count). The molecule has 0 radical (unpaired) electrons. The largest absolute Gasteiger partial charge is 1.00 e. The topological polar surface area (TPSA) is 66.4 Å². The van der Waals surface area contributed by atoms with Crippen molar-refractivity contribution in [2.75, 3.05) is 13.6 Å². The van der Waals surface area contributed by atoms with Crippen molar-refractivity contribution in [2.24, 2.45) is 0 Å². The van der Waals surface area contributed by atoms with Crippen LogP contribution in [0.2, 0.25) is 0 Å². The van der Waals surface area contributed by atoms with Gasteiger partial charge in [-0.3, -0.25) is 4.55 Å². The van der Waals surface area contributed by atoms with Gasteiger partial charge in [0.05, 0.1) is 5.25 Å². The molecule has 4 nitrogen and oxygen atoms in total. The summed E-state index contributed by atoms with van der Waals surface area (Å²) in [6.07, 6.45) is 0. The molecule has 0 aromatic heterocycles. The second-order valence-electron chi connectivity index (χ2n) is 1.88. The van der Waals surface area contributed by atoms with Crippen LogP contribution in [0, 0.1) is 0 Å². The Morgan fingerprint density at radius 1 is 1.70 bits per heavy atom. The Bertz CT molecular complexity index is 172. The summed E-state index contributed by atoms with van der Waals surface area (Å²) in [5.41, 5.74) is 0. The second kappa shape index (κ2) is 5.51. The third kappa shape index (κ3) is 5.64. The molecule has 1 unspecified atom stereocenters. The molecule has 0 heterocycles. The van der Waals surface area contributed by atoms with Crippen LogP contribution in [0.25, 0.3) is 0 Å². The van der Waals surface area contributed by atoms with Gasteiger partial charge >= 0.3 is 29.6 Å². The van der Waals surface area contributed by atoms with Gasteiger partial charge < -0.3 is 6.74 Å². The fourth-order valence-corrected chi connectivity index (χ4v) is 0.770. The van der Waals surface area contributed by atoms with Gasteiger partial charge in [-0.1, -0.05) is 0 Å². The summed E-state index contributed by atoms with van der Waals surface area (Å²) < 4.78 is 28.8. The van der Waals surface area contributed by atoms with Gasteiger partial charge in [0.15, 0.2) is 0 Å². The van der Waals surface area contributed by atoms with E-state index < -0.39 is 15.4 Å². The molecule has 0 aliphatic rings. The summed E-state index contributed by atoms with van der Waals surface area (Å²) in [7, 11) is -2.20. The van der Waals surface area contributed by atoms with Crippen molar-refractivity contribution in [1.29, 1.82) is 0 Å². The van der Waals surface area contributed by atoms with Crippen molar-refractivity contribution in [3.63, 3.8) is 0 Å². The summed E-state index contributed by atoms with van der Waals surface area (Å²) in [5.74, 6) is 0. The van der Waals surface area contributed by atoms with Crippen LogP contribution in [-0.2, 0) is 10.1 Å². The number of rotatable bonds is 3. The maximum atomic E-state index is 10.2. The van der Waals surface area contributed by atoms with Crippen LogP contribution in [0.1, 0.15) is 8.35 Å². The number of hydrogen-bond donors (Lipinski definition) is 2. The first-order valence-electron chi connectivity index (χ1n) is 2.59. The molecule has 0 aliphatic carbocycles. The first kappa shape index (κ1) is 13.5. The summed E-state index contributed by atoms with van der Waals surface area (Å²) in [6.45, 7) is 1.71. The molecule has 0 bridgehead atoms. The maximum absolute atomic E-state index is 10.2. The Labute approximate surface area is 84.9 Å². The predicted molar refractivity (Wildman–Crippen MR) is 36.0 cm³/mol. The molecule has 0 fully saturated rings. The van der Waals surface area contributed by atoms with Gasteiger partial charge in [-0.2, -0.15) is 8.42 Å². The van der Waals surface area contributed by atoms with E-state index in [1.807, 2.05) is 0 Å². The average Bonchev–Trinajstić information content (AvgIpc) is 1.64. The second-order valence-corrected chi connectivity index (χ2v) is 3.72. The molecule has 2 N–H and O–H groups in total. The fraction of sp³-hybridized carbons (Fsp3) is 1.00. The van der Waals surface area contributed by atoms with Crippen LogP contribution < -0.4 is 34.9 Å². The average molecular weight is 177 g/mol. The number of nitrogens with one attached hydrogen (secondary N) is 1. The standard InChI is InChI=1S/C4H11NO3S.Na.H/c1-4(3-5-2)9(6,7)8;;/h4-5H,3H2,1-2H3,(H,6,7,8);;/q;+1;-1. The fourth-order valence-electron chi connectivity index (χ4n) is 0.393. The van der Waals surface area contributed by atoms with E-state index in [1.54, 1.807) is 7.05 Å². The minimum absolute atomic E-state index is 0. The van der Waals surface area contributed by atoms with E-state index in [0.29, 0.717) is 0 Å². The van der Waals surface area contributed by atoms with E-state index in [0.717, 1.165) is 0 Å². The molecule has 0 aromatic carbocycles. The normalized spacial score (nSPS) is 13.9. The summed E-state index contributed by atoms with van der Waals surface area (Å²) in [4.78, 5) is 0. The Kier molecular flexibility index (Phi) is 7.42. The van der Waals surface area contributed by atoms with Crippen LogP contribution in [0.3, 0.4) is 0 Å². The van der Waals surface area contributed by atoms with Gasteiger partial charge in [0.2, 0.25) is 0 Å². The van der Waals surface area contributed by atoms with Crippen molar-refractivity contribution in [3.8, 4) is 0 Å². The van der Waals surface area contributed by atoms with Crippen LogP contribution in [0.4, 0.5) is 0 Å². The Morgan fingerprint density at radius 3 is 2.20 bits per heavy atom. The van der Waals surface area contributed by atoms with Gasteiger partial charge in [-0.15, -0.1) is 0 Å². The number of hydrogen-bond acceptors (Lipinski definition) is 3. The van der Waals surface area contributed by atoms with E-state index in [2.05, 4.69) is 5.32 Å². The quantitative estimate of drug-likeness (QED) is 0.348. The predicted octanol–water partition coefficient (Wildman–Crippen LogP) is -3.40. The van der Waals surface area contributed by atoms with E-state index in [1.165, 1.54) is 6.92 Å². The van der Waals surface area contributed by atoms with Gasteiger partial charge in [-0.25, -0.2) is 0 Å². The van der Waals surface area contributed by atoms with Crippen LogP contribution >= 0.6 is 0 Å². The molecule has 0 saturated heterocycles. The third-order valence-electron chi connectivity index (χ3n) is 1.00. The summed E-state index contributed by atoms with van der Waals surface area (Å²) in [5, 5.41) is 1.91. The molecule has 0 saturated carbocycles. The SMILES string of the molecule is CNCC(C)S(=O)(=O)O.[H-].[Na+]. The van der Waals surface area contributed by atoms with E-state index >= 15 is 0 Å². The molecule has 58 valence electrons. The Balaban J connectivity index is -0.000000320. The first-order valence-corrected chi connectivity index (χ1v) is 4.09. The van der Waals surface area contributed by atoms with Crippen molar-refractivity contribution >= 4 is 10.1 Å². The molecule has 0 aromatic rings. The molecule has 6 heteroatoms. The zero-order chi connectivity index (χ0) is 7.49. The summed E-state index contributed by atoms with van der Waals surface area (Å²) >= 11 is 0. The van der Waals surface area contributed by atoms with Gasteiger partial charge in [0, 0.05) is 6.54 Å². The Morgan fingerprint density at radius 2 is 2.10 bits per heavy atom. The first-order chi connectivity index (χ1) is 3.98. The smallest absolute Gasteiger partial charge is 1.00 e. The molecular formula is C4H12NNaO3S. The van der Waals surface area contributed by atoms with Crippen LogP contribution in [0.5, 0.6) is 0 Å². The van der Waals surface area contributed by atoms with E-state index in [9.17, 15) is 8.42 Å². The van der Waals surface area contributed by atoms with Gasteiger partial charge in [0.25, 0.3) is 10.1 Å². The van der Waals surface area contributed by atoms with E-state index in [4.69, 9.17) is 4.55 Å². The monoisotopic (exact) mass is 177 g/mol. The third-order valence-corrected chi connectivity index (χ3v) is 2.18. The van der Waals surface area contributed by atoms with Crippen molar-refractivity contribution in [3.05, 3.63) is 0 Å². The van der Waals surface area contributed by atoms with Gasteiger partial charge in [0.1, 0.15) is 0 Å². The zero-order valence-electron chi connectivity index (χ0n) is 7.46. The van der Waals surface area contributed by atoms with Crippen molar-refractivity contribution in [1.82, 2.24) is 5.32 Å². The molecule has 0 amide bonds. The van der Waals surface area contributed by atoms with Crippen LogP contribution in [0.15, 0.2) is 0 Å². The minimum Gasteiger partial charge on any atom is -1.00 e. The van der Waals surface area contributed by atoms with Crippen molar-refractivity contribution < 1.29 is 44.0 Å². The Hall–Kier alpha value is 0.870.